The zero-order valence-corrected chi connectivity index (χ0v) is 8.89. The molecule has 0 saturated carbocycles. The Morgan fingerprint density at radius 1 is 1.40 bits per heavy atom. The van der Waals surface area contributed by atoms with Crippen LogP contribution in [0.1, 0.15) is 25.0 Å². The highest BCUT2D eigenvalue weighted by molar-refractivity contribution is 5.28. The molecule has 2 N–H and O–H groups in total. The molecule has 0 saturated heterocycles. The number of rotatable bonds is 4. The molecule has 0 amide bonds. The molecule has 0 bridgehead atoms. The van der Waals surface area contributed by atoms with Gasteiger partial charge >= 0.3 is 0 Å². The van der Waals surface area contributed by atoms with E-state index in [9.17, 15) is 8.78 Å². The van der Waals surface area contributed by atoms with Crippen molar-refractivity contribution in [3.63, 3.8) is 0 Å². The minimum atomic E-state index is -1.47. The Kier molecular flexibility index (Phi) is 3.77. The highest BCUT2D eigenvalue weighted by Gasteiger charge is 2.19. The van der Waals surface area contributed by atoms with Crippen LogP contribution in [0.5, 0.6) is 0 Å². The number of hydrogen-bond donors (Lipinski definition) is 1. The average molecular weight is 215 g/mol. The molecule has 15 heavy (non-hydrogen) atoms. The monoisotopic (exact) mass is 215 g/mol. The molecule has 0 aliphatic heterocycles. The fourth-order valence-corrected chi connectivity index (χ4v) is 1.30. The topological polar surface area (TPSA) is 35.2 Å². The number of nitrogens with two attached hydrogens (primary N) is 1. The van der Waals surface area contributed by atoms with Crippen LogP contribution in [0.3, 0.4) is 0 Å². The summed E-state index contributed by atoms with van der Waals surface area (Å²) in [4.78, 5) is 4.37. The zero-order valence-electron chi connectivity index (χ0n) is 8.89. The first-order valence-electron chi connectivity index (χ1n) is 4.74. The lowest BCUT2D eigenvalue weighted by molar-refractivity contribution is 0.140. The highest BCUT2D eigenvalue weighted by Crippen LogP contribution is 2.26. The second-order valence-electron chi connectivity index (χ2n) is 3.90. The van der Waals surface area contributed by atoms with E-state index in [2.05, 4.69) is 4.84 Å². The lowest BCUT2D eigenvalue weighted by atomic mass is 9.97. The molecular formula is C11H15F2NO. The minimum Gasteiger partial charge on any atom is -0.304 e. The van der Waals surface area contributed by atoms with E-state index in [1.54, 1.807) is 0 Å². The highest BCUT2D eigenvalue weighted by atomic mass is 19.1. The van der Waals surface area contributed by atoms with E-state index in [1.165, 1.54) is 32.0 Å². The number of benzene rings is 1. The lowest BCUT2D eigenvalue weighted by Crippen LogP contribution is -2.11. The molecule has 1 aromatic carbocycles. The first-order valence-corrected chi connectivity index (χ1v) is 4.74. The summed E-state index contributed by atoms with van der Waals surface area (Å²) < 4.78 is 26.8. The van der Waals surface area contributed by atoms with Gasteiger partial charge in [0.2, 0.25) is 0 Å². The maximum atomic E-state index is 13.6. The van der Waals surface area contributed by atoms with E-state index in [0.717, 1.165) is 0 Å². The van der Waals surface area contributed by atoms with Crippen molar-refractivity contribution < 1.29 is 13.6 Å². The summed E-state index contributed by atoms with van der Waals surface area (Å²) in [6.07, 6.45) is 0.340. The van der Waals surface area contributed by atoms with Gasteiger partial charge < -0.3 is 4.84 Å². The van der Waals surface area contributed by atoms with Gasteiger partial charge in [0.15, 0.2) is 0 Å². The van der Waals surface area contributed by atoms with Crippen molar-refractivity contribution in [1.82, 2.24) is 0 Å². The third-order valence-electron chi connectivity index (χ3n) is 2.22. The van der Waals surface area contributed by atoms with Crippen LogP contribution in [0, 0.1) is 5.82 Å². The summed E-state index contributed by atoms with van der Waals surface area (Å²) in [5.41, 5.74) is -0.592. The maximum absolute atomic E-state index is 13.6. The molecule has 4 heteroatoms. The normalized spacial score (nSPS) is 11.8. The third kappa shape index (κ3) is 3.25. The molecule has 0 radical (unpaired) electrons. The summed E-state index contributed by atoms with van der Waals surface area (Å²) in [5.74, 6) is 4.49. The second-order valence-corrected chi connectivity index (χ2v) is 3.90. The van der Waals surface area contributed by atoms with Crippen molar-refractivity contribution in [2.45, 2.75) is 25.9 Å². The Bertz CT molecular complexity index is 334. The molecule has 1 rings (SSSR count). The largest absolute Gasteiger partial charge is 0.304 e. The van der Waals surface area contributed by atoms with Crippen molar-refractivity contribution >= 4 is 0 Å². The van der Waals surface area contributed by atoms with Gasteiger partial charge in [-0.1, -0.05) is 6.07 Å². The Morgan fingerprint density at radius 3 is 2.60 bits per heavy atom. The number of halogens is 2. The lowest BCUT2D eigenvalue weighted by Gasteiger charge is -2.16. The predicted molar refractivity (Wildman–Crippen MR) is 54.4 cm³/mol. The average Bonchev–Trinajstić information content (AvgIpc) is 2.15. The van der Waals surface area contributed by atoms with E-state index >= 15 is 0 Å². The Morgan fingerprint density at radius 2 is 2.07 bits per heavy atom. The van der Waals surface area contributed by atoms with Crippen LogP contribution >= 0.6 is 0 Å². The molecule has 0 heterocycles. The third-order valence-corrected chi connectivity index (χ3v) is 2.22. The quantitative estimate of drug-likeness (QED) is 0.783. The molecule has 84 valence electrons. The molecule has 0 aliphatic carbocycles. The molecule has 2 nitrogen and oxygen atoms in total. The summed E-state index contributed by atoms with van der Waals surface area (Å²) in [7, 11) is 0. The summed E-state index contributed by atoms with van der Waals surface area (Å²) >= 11 is 0. The van der Waals surface area contributed by atoms with Crippen molar-refractivity contribution in [3.05, 3.63) is 35.1 Å². The second kappa shape index (κ2) is 4.68. The predicted octanol–water partition coefficient (Wildman–Crippen LogP) is 2.46. The van der Waals surface area contributed by atoms with E-state index in [0.29, 0.717) is 17.5 Å². The van der Waals surface area contributed by atoms with Crippen LogP contribution in [0.25, 0.3) is 0 Å². The summed E-state index contributed by atoms with van der Waals surface area (Å²) in [5, 5.41) is 0. The van der Waals surface area contributed by atoms with Crippen molar-refractivity contribution in [2.24, 2.45) is 5.90 Å². The smallest absolute Gasteiger partial charge is 0.130 e. The molecule has 0 atom stereocenters. The van der Waals surface area contributed by atoms with Crippen LogP contribution in [0.15, 0.2) is 18.2 Å². The van der Waals surface area contributed by atoms with Gasteiger partial charge in [-0.25, -0.2) is 14.7 Å². The molecule has 0 fully saturated rings. The van der Waals surface area contributed by atoms with Crippen molar-refractivity contribution in [1.29, 1.82) is 0 Å². The first kappa shape index (κ1) is 12.1. The van der Waals surface area contributed by atoms with Crippen molar-refractivity contribution in [3.8, 4) is 0 Å². The van der Waals surface area contributed by atoms with E-state index < -0.39 is 5.67 Å². The van der Waals surface area contributed by atoms with Gasteiger partial charge in [-0.3, -0.25) is 0 Å². The van der Waals surface area contributed by atoms with Gasteiger partial charge in [0.25, 0.3) is 0 Å². The fourth-order valence-electron chi connectivity index (χ4n) is 1.30. The van der Waals surface area contributed by atoms with Gasteiger partial charge in [-0.15, -0.1) is 0 Å². The van der Waals surface area contributed by atoms with Gasteiger partial charge in [0.1, 0.15) is 11.5 Å². The summed E-state index contributed by atoms with van der Waals surface area (Å²) in [6, 6.07) is 4.22. The minimum absolute atomic E-state index is 0.215. The first-order chi connectivity index (χ1) is 6.95. The van der Waals surface area contributed by atoms with Crippen LogP contribution in [0.2, 0.25) is 0 Å². The van der Waals surface area contributed by atoms with E-state index in [-0.39, 0.29) is 12.4 Å². The number of hydrogen-bond acceptors (Lipinski definition) is 2. The molecule has 0 aliphatic rings. The molecule has 1 aromatic rings. The maximum Gasteiger partial charge on any atom is 0.130 e. The van der Waals surface area contributed by atoms with Gasteiger partial charge in [-0.05, 0) is 37.1 Å². The summed E-state index contributed by atoms with van der Waals surface area (Å²) in [6.45, 7) is 3.08. The SMILES string of the molecule is CC(C)(F)c1ccc(F)c(CCON)c1. The van der Waals surface area contributed by atoms with Crippen LogP contribution in [-0.4, -0.2) is 6.61 Å². The van der Waals surface area contributed by atoms with Crippen LogP contribution < -0.4 is 5.90 Å². The van der Waals surface area contributed by atoms with Crippen molar-refractivity contribution in [2.75, 3.05) is 6.61 Å². The van der Waals surface area contributed by atoms with Crippen LogP contribution in [0.4, 0.5) is 8.78 Å². The van der Waals surface area contributed by atoms with E-state index in [4.69, 9.17) is 5.90 Å². The Balaban J connectivity index is 2.95. The van der Waals surface area contributed by atoms with Gasteiger partial charge in [-0.2, -0.15) is 0 Å². The fraction of sp³-hybridized carbons (Fsp3) is 0.455. The van der Waals surface area contributed by atoms with Gasteiger partial charge in [0, 0.05) is 6.42 Å². The standard InChI is InChI=1S/C11H15F2NO/c1-11(2,13)9-3-4-10(12)8(7-9)5-6-15-14/h3-4,7H,5-6,14H2,1-2H3. The zero-order chi connectivity index (χ0) is 11.5. The number of alkyl halides is 1. The van der Waals surface area contributed by atoms with Gasteiger partial charge in [0.05, 0.1) is 6.61 Å². The molecule has 0 aromatic heterocycles. The Labute approximate surface area is 88.0 Å². The van der Waals surface area contributed by atoms with Crippen LogP contribution in [-0.2, 0) is 16.9 Å². The molecule has 0 unspecified atom stereocenters. The molecular weight excluding hydrogens is 200 g/mol. The molecule has 0 spiro atoms. The Hall–Kier alpha value is -1.00. The van der Waals surface area contributed by atoms with E-state index in [1.807, 2.05) is 0 Å².